The highest BCUT2D eigenvalue weighted by Gasteiger charge is 2.21. The number of hydrogen-bond donors (Lipinski definition) is 0. The van der Waals surface area contributed by atoms with Crippen molar-refractivity contribution in [3.05, 3.63) is 59.4 Å². The van der Waals surface area contributed by atoms with Crippen molar-refractivity contribution in [1.82, 2.24) is 9.47 Å². The van der Waals surface area contributed by atoms with E-state index >= 15 is 0 Å². The first kappa shape index (κ1) is 13.4. The second kappa shape index (κ2) is 5.84. The van der Waals surface area contributed by atoms with Crippen molar-refractivity contribution < 1.29 is 0 Å². The van der Waals surface area contributed by atoms with Gasteiger partial charge in [0.15, 0.2) is 0 Å². The Labute approximate surface area is 122 Å². The molecule has 3 rings (SSSR count). The highest BCUT2D eigenvalue weighted by Crippen LogP contribution is 2.27. The van der Waals surface area contributed by atoms with Gasteiger partial charge in [-0.1, -0.05) is 30.3 Å². The van der Waals surface area contributed by atoms with Crippen LogP contribution in [0, 0.1) is 13.8 Å². The molecule has 0 atom stereocenters. The maximum atomic E-state index is 2.58. The van der Waals surface area contributed by atoms with Gasteiger partial charge < -0.3 is 4.57 Å². The van der Waals surface area contributed by atoms with Crippen LogP contribution >= 0.6 is 0 Å². The summed E-state index contributed by atoms with van der Waals surface area (Å²) in [6.07, 6.45) is 2.53. The summed E-state index contributed by atoms with van der Waals surface area (Å²) in [4.78, 5) is 2.58. The number of likely N-dealkylation sites (tertiary alicyclic amines) is 1. The molecule has 2 nitrogen and oxygen atoms in total. The third-order valence-electron chi connectivity index (χ3n) is 4.50. The van der Waals surface area contributed by atoms with Crippen LogP contribution in [0.5, 0.6) is 0 Å². The minimum absolute atomic E-state index is 0.692. The number of piperidine rings is 1. The first-order valence-corrected chi connectivity index (χ1v) is 7.65. The van der Waals surface area contributed by atoms with E-state index in [1.54, 1.807) is 0 Å². The third kappa shape index (κ3) is 2.80. The maximum absolute atomic E-state index is 2.58. The SMILES string of the molecule is Cc1ccc(C)n1C1CCN(Cc2ccccc2)CC1. The molecule has 20 heavy (non-hydrogen) atoms. The van der Waals surface area contributed by atoms with Crippen molar-refractivity contribution in [1.29, 1.82) is 0 Å². The molecular weight excluding hydrogens is 244 g/mol. The van der Waals surface area contributed by atoms with Crippen LogP contribution < -0.4 is 0 Å². The molecule has 0 saturated carbocycles. The van der Waals surface area contributed by atoms with Gasteiger partial charge in [-0.25, -0.2) is 0 Å². The zero-order chi connectivity index (χ0) is 13.9. The van der Waals surface area contributed by atoms with Gasteiger partial charge in [0.25, 0.3) is 0 Å². The molecule has 1 aliphatic heterocycles. The monoisotopic (exact) mass is 268 g/mol. The number of nitrogens with zero attached hydrogens (tertiary/aromatic N) is 2. The van der Waals surface area contributed by atoms with Crippen molar-refractivity contribution in [2.75, 3.05) is 13.1 Å². The average Bonchev–Trinajstić information content (AvgIpc) is 2.81. The number of benzene rings is 1. The summed E-state index contributed by atoms with van der Waals surface area (Å²) in [5.74, 6) is 0. The average molecular weight is 268 g/mol. The molecule has 1 aliphatic rings. The van der Waals surface area contributed by atoms with Crippen LogP contribution in [-0.2, 0) is 6.54 Å². The predicted octanol–water partition coefficient (Wildman–Crippen LogP) is 3.94. The van der Waals surface area contributed by atoms with E-state index in [0.717, 1.165) is 6.54 Å². The maximum Gasteiger partial charge on any atom is 0.0360 e. The lowest BCUT2D eigenvalue weighted by molar-refractivity contribution is 0.178. The smallest absolute Gasteiger partial charge is 0.0360 e. The van der Waals surface area contributed by atoms with Crippen LogP contribution in [-0.4, -0.2) is 22.6 Å². The highest BCUT2D eigenvalue weighted by atomic mass is 15.2. The van der Waals surface area contributed by atoms with E-state index in [9.17, 15) is 0 Å². The van der Waals surface area contributed by atoms with E-state index in [1.165, 1.54) is 42.9 Å². The number of aromatic nitrogens is 1. The Bertz CT molecular complexity index is 529. The van der Waals surface area contributed by atoms with Gasteiger partial charge in [0.1, 0.15) is 0 Å². The lowest BCUT2D eigenvalue weighted by atomic mass is 10.0. The minimum Gasteiger partial charge on any atom is -0.346 e. The third-order valence-corrected chi connectivity index (χ3v) is 4.50. The van der Waals surface area contributed by atoms with Crippen molar-refractivity contribution in [2.24, 2.45) is 0 Å². The minimum atomic E-state index is 0.692. The summed E-state index contributed by atoms with van der Waals surface area (Å²) in [6.45, 7) is 7.96. The van der Waals surface area contributed by atoms with Crippen molar-refractivity contribution in [2.45, 2.75) is 39.3 Å². The molecule has 2 aromatic rings. The van der Waals surface area contributed by atoms with E-state index in [-0.39, 0.29) is 0 Å². The number of hydrogen-bond acceptors (Lipinski definition) is 1. The first-order chi connectivity index (χ1) is 9.74. The molecule has 1 saturated heterocycles. The first-order valence-electron chi connectivity index (χ1n) is 7.65. The normalized spacial score (nSPS) is 17.5. The largest absolute Gasteiger partial charge is 0.346 e. The van der Waals surface area contributed by atoms with E-state index in [4.69, 9.17) is 0 Å². The standard InChI is InChI=1S/C18H24N2/c1-15-8-9-16(2)20(15)18-10-12-19(13-11-18)14-17-6-4-3-5-7-17/h3-9,18H,10-14H2,1-2H3. The Hall–Kier alpha value is -1.54. The fourth-order valence-corrected chi connectivity index (χ4v) is 3.43. The van der Waals surface area contributed by atoms with Crippen LogP contribution in [0.25, 0.3) is 0 Å². The summed E-state index contributed by atoms with van der Waals surface area (Å²) in [5, 5.41) is 0. The second-order valence-corrected chi connectivity index (χ2v) is 5.98. The highest BCUT2D eigenvalue weighted by molar-refractivity contribution is 5.16. The van der Waals surface area contributed by atoms with Crippen molar-refractivity contribution in [3.8, 4) is 0 Å². The van der Waals surface area contributed by atoms with Gasteiger partial charge in [0.2, 0.25) is 0 Å². The molecule has 0 unspecified atom stereocenters. The summed E-state index contributed by atoms with van der Waals surface area (Å²) in [7, 11) is 0. The van der Waals surface area contributed by atoms with Crippen LogP contribution in [0.2, 0.25) is 0 Å². The molecule has 0 radical (unpaired) electrons. The number of rotatable bonds is 3. The molecule has 1 aromatic carbocycles. The van der Waals surface area contributed by atoms with Crippen LogP contribution in [0.3, 0.4) is 0 Å². The van der Waals surface area contributed by atoms with Gasteiger partial charge in [-0.3, -0.25) is 4.90 Å². The van der Waals surface area contributed by atoms with Crippen LogP contribution in [0.15, 0.2) is 42.5 Å². The lowest BCUT2D eigenvalue weighted by Gasteiger charge is -2.34. The quantitative estimate of drug-likeness (QED) is 0.818. The zero-order valence-electron chi connectivity index (χ0n) is 12.5. The molecule has 0 amide bonds. The van der Waals surface area contributed by atoms with E-state index < -0.39 is 0 Å². The molecule has 1 fully saturated rings. The summed E-state index contributed by atoms with van der Waals surface area (Å²) >= 11 is 0. The molecule has 2 heterocycles. The fourth-order valence-electron chi connectivity index (χ4n) is 3.43. The summed E-state index contributed by atoms with van der Waals surface area (Å²) < 4.78 is 2.53. The Kier molecular flexibility index (Phi) is 3.93. The van der Waals surface area contributed by atoms with Gasteiger partial charge >= 0.3 is 0 Å². The molecule has 106 valence electrons. The van der Waals surface area contributed by atoms with Gasteiger partial charge in [-0.2, -0.15) is 0 Å². The summed E-state index contributed by atoms with van der Waals surface area (Å²) in [6, 6.07) is 16.0. The Balaban J connectivity index is 1.60. The molecular formula is C18H24N2. The lowest BCUT2D eigenvalue weighted by Crippen LogP contribution is -2.34. The zero-order valence-corrected chi connectivity index (χ0v) is 12.5. The van der Waals surface area contributed by atoms with E-state index in [1.807, 2.05) is 0 Å². The Morgan fingerprint density at radius 1 is 0.900 bits per heavy atom. The van der Waals surface area contributed by atoms with Crippen molar-refractivity contribution in [3.63, 3.8) is 0 Å². The van der Waals surface area contributed by atoms with Gasteiger partial charge in [-0.15, -0.1) is 0 Å². The topological polar surface area (TPSA) is 8.17 Å². The molecule has 1 aromatic heterocycles. The van der Waals surface area contributed by atoms with Crippen LogP contribution in [0.4, 0.5) is 0 Å². The second-order valence-electron chi connectivity index (χ2n) is 5.98. The van der Waals surface area contributed by atoms with Gasteiger partial charge in [0, 0.05) is 37.1 Å². The molecule has 0 bridgehead atoms. The Morgan fingerprint density at radius 3 is 2.10 bits per heavy atom. The van der Waals surface area contributed by atoms with E-state index in [0.29, 0.717) is 6.04 Å². The fraction of sp³-hybridized carbons (Fsp3) is 0.444. The predicted molar refractivity (Wildman–Crippen MR) is 83.9 cm³/mol. The number of aryl methyl sites for hydroxylation is 2. The van der Waals surface area contributed by atoms with Crippen molar-refractivity contribution >= 4 is 0 Å². The molecule has 0 N–H and O–H groups in total. The molecule has 0 spiro atoms. The Morgan fingerprint density at radius 2 is 1.50 bits per heavy atom. The van der Waals surface area contributed by atoms with Crippen LogP contribution in [0.1, 0.15) is 35.8 Å². The molecule has 2 heteroatoms. The summed E-state index contributed by atoms with van der Waals surface area (Å²) in [5.41, 5.74) is 4.24. The molecule has 0 aliphatic carbocycles. The van der Waals surface area contributed by atoms with Gasteiger partial charge in [0.05, 0.1) is 0 Å². The van der Waals surface area contributed by atoms with Gasteiger partial charge in [-0.05, 0) is 44.4 Å². The van der Waals surface area contributed by atoms with E-state index in [2.05, 4.69) is 65.8 Å².